The van der Waals surface area contributed by atoms with E-state index in [-0.39, 0.29) is 0 Å². The molecule has 90 valence electrons. The lowest BCUT2D eigenvalue weighted by atomic mass is 10.2. The van der Waals surface area contributed by atoms with Crippen LogP contribution in [-0.4, -0.2) is 23.4 Å². The summed E-state index contributed by atoms with van der Waals surface area (Å²) in [5.41, 5.74) is 0.635. The fourth-order valence-electron chi connectivity index (χ4n) is 1.57. The van der Waals surface area contributed by atoms with Gasteiger partial charge in [-0.05, 0) is 31.5 Å². The van der Waals surface area contributed by atoms with Crippen molar-refractivity contribution in [1.82, 2.24) is 4.90 Å². The minimum Gasteiger partial charge on any atom is -0.296 e. The minimum absolute atomic E-state index is 0.296. The van der Waals surface area contributed by atoms with Crippen molar-refractivity contribution < 1.29 is 8.78 Å². The highest BCUT2D eigenvalue weighted by atomic mass is 35.5. The Bertz CT molecular complexity index is 322. The van der Waals surface area contributed by atoms with E-state index >= 15 is 0 Å². The molecule has 1 nitrogen and oxygen atoms in total. The van der Waals surface area contributed by atoms with Crippen molar-refractivity contribution in [3.05, 3.63) is 35.4 Å². The smallest absolute Gasteiger partial charge is 0.126 e. The van der Waals surface area contributed by atoms with Gasteiger partial charge in [-0.15, -0.1) is 11.6 Å². The third kappa shape index (κ3) is 4.06. The molecule has 0 N–H and O–H groups in total. The SMILES string of the molecule is CC(C)N(CCCl)Cc1cc(F)cc(F)c1. The Balaban J connectivity index is 2.76. The van der Waals surface area contributed by atoms with Crippen LogP contribution in [0.2, 0.25) is 0 Å². The summed E-state index contributed by atoms with van der Waals surface area (Å²) in [5, 5.41) is 0. The van der Waals surface area contributed by atoms with Crippen molar-refractivity contribution in [3.63, 3.8) is 0 Å². The first-order valence-electron chi connectivity index (χ1n) is 5.28. The molecular formula is C12H16ClF2N. The lowest BCUT2D eigenvalue weighted by Gasteiger charge is -2.25. The zero-order chi connectivity index (χ0) is 12.1. The van der Waals surface area contributed by atoms with Gasteiger partial charge in [-0.2, -0.15) is 0 Å². The number of hydrogen-bond acceptors (Lipinski definition) is 1. The van der Waals surface area contributed by atoms with E-state index in [1.165, 1.54) is 12.1 Å². The van der Waals surface area contributed by atoms with Gasteiger partial charge < -0.3 is 0 Å². The van der Waals surface area contributed by atoms with Crippen molar-refractivity contribution in [2.45, 2.75) is 26.4 Å². The number of nitrogens with zero attached hydrogens (tertiary/aromatic N) is 1. The van der Waals surface area contributed by atoms with Crippen molar-refractivity contribution in [2.24, 2.45) is 0 Å². The molecule has 0 aliphatic heterocycles. The summed E-state index contributed by atoms with van der Waals surface area (Å²) in [5.74, 6) is -0.565. The zero-order valence-corrected chi connectivity index (χ0v) is 10.3. The van der Waals surface area contributed by atoms with E-state index < -0.39 is 11.6 Å². The monoisotopic (exact) mass is 247 g/mol. The van der Waals surface area contributed by atoms with E-state index in [1.807, 2.05) is 13.8 Å². The summed E-state index contributed by atoms with van der Waals surface area (Å²) in [6.45, 7) is 5.28. The van der Waals surface area contributed by atoms with Crippen LogP contribution >= 0.6 is 11.6 Å². The normalized spacial score (nSPS) is 11.4. The van der Waals surface area contributed by atoms with Crippen LogP contribution in [0.4, 0.5) is 8.78 Å². The topological polar surface area (TPSA) is 3.24 Å². The van der Waals surface area contributed by atoms with Crippen LogP contribution < -0.4 is 0 Å². The van der Waals surface area contributed by atoms with Gasteiger partial charge in [-0.25, -0.2) is 8.78 Å². The summed E-state index contributed by atoms with van der Waals surface area (Å²) >= 11 is 5.68. The number of rotatable bonds is 5. The van der Waals surface area contributed by atoms with Crippen LogP contribution in [0.3, 0.4) is 0 Å². The van der Waals surface area contributed by atoms with Crippen LogP contribution in [0.25, 0.3) is 0 Å². The summed E-state index contributed by atoms with van der Waals surface area (Å²) in [6, 6.07) is 3.88. The van der Waals surface area contributed by atoms with Crippen LogP contribution in [0.5, 0.6) is 0 Å². The van der Waals surface area contributed by atoms with Crippen LogP contribution in [-0.2, 0) is 6.54 Å². The van der Waals surface area contributed by atoms with Gasteiger partial charge in [0.05, 0.1) is 0 Å². The maximum absolute atomic E-state index is 13.0. The first kappa shape index (κ1) is 13.4. The van der Waals surface area contributed by atoms with Gasteiger partial charge in [0.2, 0.25) is 0 Å². The van der Waals surface area contributed by atoms with Gasteiger partial charge in [0, 0.05) is 31.1 Å². The Labute approximate surface area is 100 Å². The molecule has 1 aromatic rings. The predicted octanol–water partition coefficient (Wildman–Crippen LogP) is 3.41. The Morgan fingerprint density at radius 3 is 2.19 bits per heavy atom. The molecule has 0 aliphatic carbocycles. The predicted molar refractivity (Wildman–Crippen MR) is 62.6 cm³/mol. The van der Waals surface area contributed by atoms with E-state index in [2.05, 4.69) is 4.90 Å². The Morgan fingerprint density at radius 1 is 1.19 bits per heavy atom. The van der Waals surface area contributed by atoms with E-state index in [0.717, 1.165) is 6.07 Å². The van der Waals surface area contributed by atoms with Crippen LogP contribution in [0.15, 0.2) is 18.2 Å². The lowest BCUT2D eigenvalue weighted by Crippen LogP contribution is -2.32. The Hall–Kier alpha value is -0.670. The van der Waals surface area contributed by atoms with Gasteiger partial charge in [0.15, 0.2) is 0 Å². The first-order chi connectivity index (χ1) is 7.52. The first-order valence-corrected chi connectivity index (χ1v) is 5.81. The number of benzene rings is 1. The second kappa shape index (κ2) is 6.16. The standard InChI is InChI=1S/C12H16ClF2N/c1-9(2)16(4-3-13)8-10-5-11(14)7-12(15)6-10/h5-7,9H,3-4,8H2,1-2H3. The molecule has 0 amide bonds. The highest BCUT2D eigenvalue weighted by Crippen LogP contribution is 2.12. The highest BCUT2D eigenvalue weighted by molar-refractivity contribution is 6.18. The Morgan fingerprint density at radius 2 is 1.75 bits per heavy atom. The quantitative estimate of drug-likeness (QED) is 0.721. The van der Waals surface area contributed by atoms with Crippen molar-refractivity contribution in [2.75, 3.05) is 12.4 Å². The molecular weight excluding hydrogens is 232 g/mol. The minimum atomic E-state index is -0.537. The summed E-state index contributed by atoms with van der Waals surface area (Å²) in [7, 11) is 0. The van der Waals surface area contributed by atoms with Crippen molar-refractivity contribution in [1.29, 1.82) is 0 Å². The molecule has 0 fully saturated rings. The fourth-order valence-corrected chi connectivity index (χ4v) is 1.78. The maximum Gasteiger partial charge on any atom is 0.126 e. The fraction of sp³-hybridized carbons (Fsp3) is 0.500. The average molecular weight is 248 g/mol. The van der Waals surface area contributed by atoms with E-state index in [1.54, 1.807) is 0 Å². The van der Waals surface area contributed by atoms with Crippen LogP contribution in [0.1, 0.15) is 19.4 Å². The third-order valence-corrected chi connectivity index (χ3v) is 2.58. The van der Waals surface area contributed by atoms with Crippen molar-refractivity contribution >= 4 is 11.6 Å². The summed E-state index contributed by atoms with van der Waals surface area (Å²) in [4.78, 5) is 2.07. The summed E-state index contributed by atoms with van der Waals surface area (Å²) in [6.07, 6.45) is 0. The largest absolute Gasteiger partial charge is 0.296 e. The van der Waals surface area contributed by atoms with Gasteiger partial charge in [-0.1, -0.05) is 0 Å². The van der Waals surface area contributed by atoms with Gasteiger partial charge in [0.1, 0.15) is 11.6 Å². The van der Waals surface area contributed by atoms with Gasteiger partial charge in [-0.3, -0.25) is 4.90 Å². The number of alkyl halides is 1. The molecule has 0 heterocycles. The molecule has 1 aromatic carbocycles. The second-order valence-corrected chi connectivity index (χ2v) is 4.41. The van der Waals surface area contributed by atoms with Crippen molar-refractivity contribution in [3.8, 4) is 0 Å². The summed E-state index contributed by atoms with van der Waals surface area (Å²) < 4.78 is 26.0. The van der Waals surface area contributed by atoms with E-state index in [0.29, 0.717) is 30.6 Å². The molecule has 0 aromatic heterocycles. The molecule has 0 spiro atoms. The molecule has 1 rings (SSSR count). The second-order valence-electron chi connectivity index (χ2n) is 4.03. The Kier molecular flexibility index (Phi) is 5.16. The van der Waals surface area contributed by atoms with Gasteiger partial charge in [0.25, 0.3) is 0 Å². The van der Waals surface area contributed by atoms with E-state index in [4.69, 9.17) is 11.6 Å². The highest BCUT2D eigenvalue weighted by Gasteiger charge is 2.10. The molecule has 0 saturated heterocycles. The molecule has 0 saturated carbocycles. The molecule has 0 atom stereocenters. The average Bonchev–Trinajstić information content (AvgIpc) is 2.15. The van der Waals surface area contributed by atoms with E-state index in [9.17, 15) is 8.78 Å². The molecule has 0 aliphatic rings. The zero-order valence-electron chi connectivity index (χ0n) is 9.51. The van der Waals surface area contributed by atoms with Crippen LogP contribution in [0, 0.1) is 11.6 Å². The molecule has 0 unspecified atom stereocenters. The number of halogens is 3. The van der Waals surface area contributed by atoms with Gasteiger partial charge >= 0.3 is 0 Å². The number of hydrogen-bond donors (Lipinski definition) is 0. The third-order valence-electron chi connectivity index (χ3n) is 2.41. The molecule has 0 bridgehead atoms. The molecule has 16 heavy (non-hydrogen) atoms. The maximum atomic E-state index is 13.0. The molecule has 4 heteroatoms. The lowest BCUT2D eigenvalue weighted by molar-refractivity contribution is 0.226. The molecule has 0 radical (unpaired) electrons.